The average molecular weight is 293 g/mol. The Labute approximate surface area is 124 Å². The van der Waals surface area contributed by atoms with E-state index in [1.54, 1.807) is 12.1 Å². The molecular weight excluding hydrogens is 275 g/mol. The number of halogens is 2. The summed E-state index contributed by atoms with van der Waals surface area (Å²) in [6.45, 7) is 7.94. The fourth-order valence-corrected chi connectivity index (χ4v) is 2.77. The first-order valence-corrected chi connectivity index (χ1v) is 6.91. The van der Waals surface area contributed by atoms with Gasteiger partial charge in [0.15, 0.2) is 0 Å². The van der Waals surface area contributed by atoms with Crippen molar-refractivity contribution in [2.45, 2.75) is 33.8 Å². The van der Waals surface area contributed by atoms with Crippen LogP contribution in [0.3, 0.4) is 0 Å². The lowest BCUT2D eigenvalue weighted by molar-refractivity contribution is 0.218. The van der Waals surface area contributed by atoms with Gasteiger partial charge in [-0.3, -0.25) is 0 Å². The zero-order valence-corrected chi connectivity index (χ0v) is 12.8. The summed E-state index contributed by atoms with van der Waals surface area (Å²) in [4.78, 5) is 0. The van der Waals surface area contributed by atoms with Crippen molar-refractivity contribution in [3.05, 3.63) is 68.5 Å². The molecule has 0 bridgehead atoms. The highest BCUT2D eigenvalue weighted by molar-refractivity contribution is 6.31. The molecule has 2 rings (SSSR count). The molecule has 0 aromatic heterocycles. The Morgan fingerprint density at radius 3 is 2.15 bits per heavy atom. The summed E-state index contributed by atoms with van der Waals surface area (Å²) >= 11 is 5.99. The van der Waals surface area contributed by atoms with Crippen LogP contribution < -0.4 is 0 Å². The normalized spacial score (nSPS) is 12.6. The third kappa shape index (κ3) is 2.46. The molecule has 2 aromatic carbocycles. The molecule has 0 aliphatic heterocycles. The minimum Gasteiger partial charge on any atom is -0.384 e. The van der Waals surface area contributed by atoms with E-state index in [0.717, 1.165) is 27.8 Å². The number of aliphatic hydroxyl groups excluding tert-OH is 1. The fraction of sp³-hybridized carbons (Fsp3) is 0.294. The number of rotatable bonds is 2. The highest BCUT2D eigenvalue weighted by Gasteiger charge is 2.21. The molecule has 20 heavy (non-hydrogen) atoms. The largest absolute Gasteiger partial charge is 0.384 e. The van der Waals surface area contributed by atoms with Gasteiger partial charge in [0.25, 0.3) is 0 Å². The molecule has 2 aromatic rings. The summed E-state index contributed by atoms with van der Waals surface area (Å²) < 4.78 is 13.6. The Bertz CT molecular complexity index is 638. The van der Waals surface area contributed by atoms with Crippen LogP contribution in [-0.2, 0) is 0 Å². The first-order chi connectivity index (χ1) is 9.34. The van der Waals surface area contributed by atoms with Gasteiger partial charge in [0.1, 0.15) is 11.9 Å². The van der Waals surface area contributed by atoms with Crippen LogP contribution in [0.25, 0.3) is 0 Å². The molecule has 3 heteroatoms. The molecule has 0 amide bonds. The highest BCUT2D eigenvalue weighted by Crippen LogP contribution is 2.35. The molecule has 106 valence electrons. The maximum absolute atomic E-state index is 13.6. The van der Waals surface area contributed by atoms with Crippen LogP contribution in [0.2, 0.25) is 5.02 Å². The van der Waals surface area contributed by atoms with Crippen LogP contribution in [-0.4, -0.2) is 5.11 Å². The SMILES string of the molecule is Cc1cc(C)c(C)c(C(O)c2cccc(F)c2Cl)c1C. The molecule has 1 N–H and O–H groups in total. The Morgan fingerprint density at radius 2 is 1.60 bits per heavy atom. The zero-order valence-electron chi connectivity index (χ0n) is 12.1. The molecule has 1 unspecified atom stereocenters. The first kappa shape index (κ1) is 15.0. The van der Waals surface area contributed by atoms with Crippen molar-refractivity contribution >= 4 is 11.6 Å². The van der Waals surface area contributed by atoms with Gasteiger partial charge in [-0.05, 0) is 61.6 Å². The minimum absolute atomic E-state index is 0.0158. The summed E-state index contributed by atoms with van der Waals surface area (Å²) in [6.07, 6.45) is -0.920. The van der Waals surface area contributed by atoms with Gasteiger partial charge in [0.2, 0.25) is 0 Å². The van der Waals surface area contributed by atoms with E-state index in [-0.39, 0.29) is 5.02 Å². The number of benzene rings is 2. The predicted octanol–water partition coefficient (Wildman–Crippen LogP) is 4.79. The van der Waals surface area contributed by atoms with Crippen molar-refractivity contribution in [1.29, 1.82) is 0 Å². The molecule has 0 saturated heterocycles. The number of aryl methyl sites for hydroxylation is 2. The maximum Gasteiger partial charge on any atom is 0.142 e. The third-order valence-electron chi connectivity index (χ3n) is 3.97. The van der Waals surface area contributed by atoms with Gasteiger partial charge < -0.3 is 5.11 Å². The second kappa shape index (κ2) is 5.55. The molecule has 0 heterocycles. The molecule has 0 saturated carbocycles. The van der Waals surface area contributed by atoms with Crippen molar-refractivity contribution in [2.24, 2.45) is 0 Å². The number of hydrogen-bond donors (Lipinski definition) is 1. The molecular formula is C17H18ClFO. The highest BCUT2D eigenvalue weighted by atomic mass is 35.5. The quantitative estimate of drug-likeness (QED) is 0.843. The van der Waals surface area contributed by atoms with Gasteiger partial charge in [-0.15, -0.1) is 0 Å². The van der Waals surface area contributed by atoms with E-state index in [2.05, 4.69) is 6.07 Å². The predicted molar refractivity (Wildman–Crippen MR) is 80.9 cm³/mol. The topological polar surface area (TPSA) is 20.2 Å². The Balaban J connectivity index is 2.65. The zero-order chi connectivity index (χ0) is 15.0. The number of hydrogen-bond acceptors (Lipinski definition) is 1. The minimum atomic E-state index is -0.920. The Morgan fingerprint density at radius 1 is 1.05 bits per heavy atom. The van der Waals surface area contributed by atoms with Crippen molar-refractivity contribution < 1.29 is 9.50 Å². The van der Waals surface area contributed by atoms with Crippen LogP contribution >= 0.6 is 11.6 Å². The number of aliphatic hydroxyl groups is 1. The van der Waals surface area contributed by atoms with Crippen molar-refractivity contribution in [3.8, 4) is 0 Å². The summed E-state index contributed by atoms with van der Waals surface area (Å²) in [5.41, 5.74) is 5.46. The smallest absolute Gasteiger partial charge is 0.142 e. The van der Waals surface area contributed by atoms with Crippen molar-refractivity contribution in [1.82, 2.24) is 0 Å². The first-order valence-electron chi connectivity index (χ1n) is 6.53. The molecule has 1 nitrogen and oxygen atoms in total. The van der Waals surface area contributed by atoms with Gasteiger partial charge in [0, 0.05) is 5.56 Å². The molecule has 0 aliphatic carbocycles. The van der Waals surface area contributed by atoms with Gasteiger partial charge >= 0.3 is 0 Å². The molecule has 0 fully saturated rings. The van der Waals surface area contributed by atoms with E-state index in [1.165, 1.54) is 6.07 Å². The van der Waals surface area contributed by atoms with E-state index in [0.29, 0.717) is 5.56 Å². The van der Waals surface area contributed by atoms with E-state index in [1.807, 2.05) is 27.7 Å². The lowest BCUT2D eigenvalue weighted by Gasteiger charge is -2.21. The summed E-state index contributed by atoms with van der Waals surface area (Å²) in [5.74, 6) is -0.511. The van der Waals surface area contributed by atoms with E-state index in [4.69, 9.17) is 11.6 Å². The van der Waals surface area contributed by atoms with Crippen LogP contribution in [0.1, 0.15) is 39.5 Å². The van der Waals surface area contributed by atoms with Crippen LogP contribution in [0, 0.1) is 33.5 Å². The standard InChI is InChI=1S/C17H18ClFO/c1-9-8-10(2)12(4)15(11(9)3)17(20)13-6-5-7-14(19)16(13)18/h5-8,17,20H,1-4H3. The molecule has 0 aliphatic rings. The molecule has 0 spiro atoms. The summed E-state index contributed by atoms with van der Waals surface area (Å²) in [7, 11) is 0. The van der Waals surface area contributed by atoms with Gasteiger partial charge in [-0.1, -0.05) is 29.8 Å². The monoisotopic (exact) mass is 292 g/mol. The van der Waals surface area contributed by atoms with Gasteiger partial charge in [-0.25, -0.2) is 4.39 Å². The van der Waals surface area contributed by atoms with Crippen LogP contribution in [0.15, 0.2) is 24.3 Å². The van der Waals surface area contributed by atoms with E-state index in [9.17, 15) is 9.50 Å². The van der Waals surface area contributed by atoms with Crippen LogP contribution in [0.5, 0.6) is 0 Å². The van der Waals surface area contributed by atoms with Crippen molar-refractivity contribution in [2.75, 3.05) is 0 Å². The Hall–Kier alpha value is -1.38. The fourth-order valence-electron chi connectivity index (χ4n) is 2.54. The van der Waals surface area contributed by atoms with Crippen LogP contribution in [0.4, 0.5) is 4.39 Å². The average Bonchev–Trinajstić information content (AvgIpc) is 2.40. The van der Waals surface area contributed by atoms with Crippen molar-refractivity contribution in [3.63, 3.8) is 0 Å². The summed E-state index contributed by atoms with van der Waals surface area (Å²) in [5, 5.41) is 10.6. The third-order valence-corrected chi connectivity index (χ3v) is 4.37. The lowest BCUT2D eigenvalue weighted by atomic mass is 9.88. The Kier molecular flexibility index (Phi) is 4.17. The second-order valence-corrected chi connectivity index (χ2v) is 5.60. The molecule has 1 atom stereocenters. The maximum atomic E-state index is 13.6. The lowest BCUT2D eigenvalue weighted by Crippen LogP contribution is -2.08. The van der Waals surface area contributed by atoms with Gasteiger partial charge in [-0.2, -0.15) is 0 Å². The molecule has 0 radical (unpaired) electrons. The summed E-state index contributed by atoms with van der Waals surface area (Å²) in [6, 6.07) is 6.60. The second-order valence-electron chi connectivity index (χ2n) is 5.22. The van der Waals surface area contributed by atoms with E-state index < -0.39 is 11.9 Å². The van der Waals surface area contributed by atoms with Gasteiger partial charge in [0.05, 0.1) is 5.02 Å². The van der Waals surface area contributed by atoms with E-state index >= 15 is 0 Å².